The minimum absolute atomic E-state index is 0.0662. The number of rotatable bonds is 2. The Balaban J connectivity index is 2.44. The van der Waals surface area contributed by atoms with Crippen LogP contribution in [0, 0.1) is 23.2 Å². The van der Waals surface area contributed by atoms with Crippen LogP contribution < -0.4 is 5.32 Å². The van der Waals surface area contributed by atoms with Crippen molar-refractivity contribution in [1.82, 2.24) is 15.3 Å². The molecule has 16 heavy (non-hydrogen) atoms. The molecule has 5 nitrogen and oxygen atoms in total. The second-order valence-corrected chi connectivity index (χ2v) is 2.94. The summed E-state index contributed by atoms with van der Waals surface area (Å²) in [6, 6.07) is 1.83. The lowest BCUT2D eigenvalue weighted by Crippen LogP contribution is -2.20. The summed E-state index contributed by atoms with van der Waals surface area (Å²) < 4.78 is 0. The number of hydrogen-bond donors (Lipinski definition) is 1. The number of hydrogen-bond acceptors (Lipinski definition) is 4. The number of nitrogens with one attached hydrogen (secondary N) is 1. The molecule has 1 amide bonds. The topological polar surface area (TPSA) is 78.7 Å². The molecule has 0 spiro atoms. The zero-order valence-corrected chi connectivity index (χ0v) is 8.82. The molecule has 0 unspecified atom stereocenters. The maximum atomic E-state index is 10.5. The first kappa shape index (κ1) is 11.7. The minimum Gasteiger partial charge on any atom is -0.355 e. The van der Waals surface area contributed by atoms with E-state index in [4.69, 9.17) is 5.26 Å². The summed E-state index contributed by atoms with van der Waals surface area (Å²) in [5.74, 6) is 5.76. The van der Waals surface area contributed by atoms with Crippen molar-refractivity contribution in [3.63, 3.8) is 0 Å². The van der Waals surface area contributed by atoms with Crippen molar-refractivity contribution in [2.24, 2.45) is 0 Å². The molecule has 1 rings (SSSR count). The number of carbonyl (C=O) groups excluding carboxylic acids is 1. The molecule has 0 radical (unpaired) electrons. The van der Waals surface area contributed by atoms with Crippen molar-refractivity contribution >= 4 is 5.91 Å². The van der Waals surface area contributed by atoms with E-state index in [9.17, 15) is 4.79 Å². The van der Waals surface area contributed by atoms with Gasteiger partial charge in [-0.2, -0.15) is 5.26 Å². The molecule has 0 saturated heterocycles. The van der Waals surface area contributed by atoms with Crippen LogP contribution in [0.1, 0.15) is 24.7 Å². The quantitative estimate of drug-likeness (QED) is 0.564. The van der Waals surface area contributed by atoms with E-state index >= 15 is 0 Å². The van der Waals surface area contributed by atoms with Gasteiger partial charge >= 0.3 is 0 Å². The summed E-state index contributed by atoms with van der Waals surface area (Å²) in [6.07, 6.45) is 3.56. The minimum atomic E-state index is -0.0662. The maximum absolute atomic E-state index is 10.5. The number of nitrogens with zero attached hydrogens (tertiary/aromatic N) is 3. The SMILES string of the molecule is CC(=O)NCCC#Cc1cnc(C#N)nc1. The third-order valence-corrected chi connectivity index (χ3v) is 1.61. The Labute approximate surface area is 93.5 Å². The first-order valence-corrected chi connectivity index (χ1v) is 4.68. The Morgan fingerprint density at radius 1 is 1.50 bits per heavy atom. The Morgan fingerprint density at radius 3 is 2.75 bits per heavy atom. The van der Waals surface area contributed by atoms with Crippen molar-refractivity contribution in [3.05, 3.63) is 23.8 Å². The molecule has 0 aromatic carbocycles. The molecule has 1 N–H and O–H groups in total. The van der Waals surface area contributed by atoms with Gasteiger partial charge < -0.3 is 5.32 Å². The molecule has 1 aromatic heterocycles. The van der Waals surface area contributed by atoms with Gasteiger partial charge in [0.2, 0.25) is 11.7 Å². The Hall–Kier alpha value is -2.40. The fourth-order valence-electron chi connectivity index (χ4n) is 0.916. The monoisotopic (exact) mass is 214 g/mol. The Kier molecular flexibility index (Phi) is 4.49. The van der Waals surface area contributed by atoms with Crippen molar-refractivity contribution in [1.29, 1.82) is 5.26 Å². The predicted molar refractivity (Wildman–Crippen MR) is 56.9 cm³/mol. The summed E-state index contributed by atoms with van der Waals surface area (Å²) in [6.45, 7) is 1.99. The Morgan fingerprint density at radius 2 is 2.19 bits per heavy atom. The van der Waals surface area contributed by atoms with Crippen LogP contribution in [0.4, 0.5) is 0 Å². The molecular weight excluding hydrogens is 204 g/mol. The van der Waals surface area contributed by atoms with E-state index in [0.717, 1.165) is 0 Å². The fraction of sp³-hybridized carbons (Fsp3) is 0.273. The molecule has 0 aliphatic rings. The van der Waals surface area contributed by atoms with E-state index in [1.165, 1.54) is 19.3 Å². The smallest absolute Gasteiger partial charge is 0.232 e. The van der Waals surface area contributed by atoms with E-state index in [0.29, 0.717) is 18.5 Å². The lowest BCUT2D eigenvalue weighted by Gasteiger charge is -1.94. The number of nitriles is 1. The second-order valence-electron chi connectivity index (χ2n) is 2.94. The van der Waals surface area contributed by atoms with Gasteiger partial charge in [0, 0.05) is 32.3 Å². The van der Waals surface area contributed by atoms with Gasteiger partial charge in [0.05, 0.1) is 5.56 Å². The normalized spacial score (nSPS) is 8.50. The van der Waals surface area contributed by atoms with Gasteiger partial charge in [-0.25, -0.2) is 9.97 Å². The lowest BCUT2D eigenvalue weighted by atomic mass is 10.3. The lowest BCUT2D eigenvalue weighted by molar-refractivity contribution is -0.118. The van der Waals surface area contributed by atoms with Crippen LogP contribution in [0.2, 0.25) is 0 Å². The molecule has 0 atom stereocenters. The molecule has 80 valence electrons. The molecule has 0 aliphatic heterocycles. The van der Waals surface area contributed by atoms with Crippen LogP contribution in [0.25, 0.3) is 0 Å². The average molecular weight is 214 g/mol. The Bertz CT molecular complexity index is 461. The number of aromatic nitrogens is 2. The van der Waals surface area contributed by atoms with Crippen molar-refractivity contribution in [2.75, 3.05) is 6.54 Å². The fourth-order valence-corrected chi connectivity index (χ4v) is 0.916. The van der Waals surface area contributed by atoms with Crippen LogP contribution in [0.3, 0.4) is 0 Å². The third-order valence-electron chi connectivity index (χ3n) is 1.61. The van der Waals surface area contributed by atoms with Gasteiger partial charge in [0.1, 0.15) is 6.07 Å². The zero-order chi connectivity index (χ0) is 11.8. The molecule has 0 aliphatic carbocycles. The zero-order valence-electron chi connectivity index (χ0n) is 8.82. The summed E-state index contributed by atoms with van der Waals surface area (Å²) in [5, 5.41) is 11.1. The molecule has 0 fully saturated rings. The van der Waals surface area contributed by atoms with Crippen LogP contribution in [0.15, 0.2) is 12.4 Å². The van der Waals surface area contributed by atoms with Crippen molar-refractivity contribution in [3.8, 4) is 17.9 Å². The molecule has 1 aromatic rings. The molecule has 0 bridgehead atoms. The molecule has 5 heteroatoms. The maximum Gasteiger partial charge on any atom is 0.232 e. The summed E-state index contributed by atoms with van der Waals surface area (Å²) in [4.78, 5) is 18.1. The molecule has 1 heterocycles. The first-order chi connectivity index (χ1) is 7.72. The van der Waals surface area contributed by atoms with Gasteiger partial charge in [0.15, 0.2) is 0 Å². The van der Waals surface area contributed by atoms with E-state index < -0.39 is 0 Å². The van der Waals surface area contributed by atoms with Gasteiger partial charge in [-0.15, -0.1) is 0 Å². The summed E-state index contributed by atoms with van der Waals surface area (Å²) in [7, 11) is 0. The highest BCUT2D eigenvalue weighted by molar-refractivity contribution is 5.72. The van der Waals surface area contributed by atoms with Gasteiger partial charge in [-0.05, 0) is 0 Å². The summed E-state index contributed by atoms with van der Waals surface area (Å²) in [5.41, 5.74) is 0.654. The molecular formula is C11H10N4O. The standard InChI is InChI=1S/C11H10N4O/c1-9(16)13-5-3-2-4-10-7-14-11(6-12)15-8-10/h7-8H,3,5H2,1H3,(H,13,16). The van der Waals surface area contributed by atoms with Crippen molar-refractivity contribution < 1.29 is 4.79 Å². The highest BCUT2D eigenvalue weighted by Crippen LogP contribution is 1.92. The first-order valence-electron chi connectivity index (χ1n) is 4.68. The largest absolute Gasteiger partial charge is 0.355 e. The molecule has 0 saturated carbocycles. The van der Waals surface area contributed by atoms with Gasteiger partial charge in [-0.3, -0.25) is 4.79 Å². The van der Waals surface area contributed by atoms with E-state index in [2.05, 4.69) is 27.1 Å². The third kappa shape index (κ3) is 4.21. The van der Waals surface area contributed by atoms with Crippen LogP contribution in [-0.2, 0) is 4.79 Å². The summed E-state index contributed by atoms with van der Waals surface area (Å²) >= 11 is 0. The van der Waals surface area contributed by atoms with Gasteiger partial charge in [-0.1, -0.05) is 11.8 Å². The highest BCUT2D eigenvalue weighted by Gasteiger charge is 1.92. The predicted octanol–water partition coefficient (Wildman–Crippen LogP) is 0.226. The van der Waals surface area contributed by atoms with E-state index in [-0.39, 0.29) is 11.7 Å². The van der Waals surface area contributed by atoms with E-state index in [1.54, 1.807) is 0 Å². The average Bonchev–Trinajstić information content (AvgIpc) is 2.29. The van der Waals surface area contributed by atoms with Crippen molar-refractivity contribution in [2.45, 2.75) is 13.3 Å². The van der Waals surface area contributed by atoms with Gasteiger partial charge in [0.25, 0.3) is 0 Å². The van der Waals surface area contributed by atoms with Crippen LogP contribution >= 0.6 is 0 Å². The van der Waals surface area contributed by atoms with Crippen LogP contribution in [0.5, 0.6) is 0 Å². The number of carbonyl (C=O) groups is 1. The second kappa shape index (κ2) is 6.15. The van der Waals surface area contributed by atoms with E-state index in [1.807, 2.05) is 6.07 Å². The highest BCUT2D eigenvalue weighted by atomic mass is 16.1. The number of amides is 1. The van der Waals surface area contributed by atoms with Crippen LogP contribution in [-0.4, -0.2) is 22.4 Å².